The van der Waals surface area contributed by atoms with E-state index in [0.717, 1.165) is 10.5 Å². The number of aryl methyl sites for hydroxylation is 1. The van der Waals surface area contributed by atoms with E-state index in [4.69, 9.17) is 0 Å². The number of nitrogens with zero attached hydrogens (tertiary/aromatic N) is 2. The SMILES string of the molecule is CSc1ccccc1C(O)c1nccn1C. The largest absolute Gasteiger partial charge is 0.380 e. The van der Waals surface area contributed by atoms with Crippen molar-refractivity contribution in [2.24, 2.45) is 7.05 Å². The molecule has 4 heteroatoms. The summed E-state index contributed by atoms with van der Waals surface area (Å²) in [5.74, 6) is 0.668. The molecule has 0 saturated carbocycles. The van der Waals surface area contributed by atoms with Gasteiger partial charge < -0.3 is 9.67 Å². The second-order valence-corrected chi connectivity index (χ2v) is 4.39. The number of hydrogen-bond acceptors (Lipinski definition) is 3. The first-order chi connectivity index (χ1) is 7.74. The summed E-state index contributed by atoms with van der Waals surface area (Å²) >= 11 is 1.63. The van der Waals surface area contributed by atoms with Crippen molar-refractivity contribution in [1.29, 1.82) is 0 Å². The summed E-state index contributed by atoms with van der Waals surface area (Å²) in [6, 6.07) is 7.85. The molecule has 3 nitrogen and oxygen atoms in total. The Bertz CT molecular complexity index is 481. The van der Waals surface area contributed by atoms with E-state index in [1.165, 1.54) is 0 Å². The second-order valence-electron chi connectivity index (χ2n) is 3.54. The molecule has 0 bridgehead atoms. The number of rotatable bonds is 3. The van der Waals surface area contributed by atoms with Crippen LogP contribution in [0.15, 0.2) is 41.6 Å². The van der Waals surface area contributed by atoms with E-state index in [-0.39, 0.29) is 0 Å². The van der Waals surface area contributed by atoms with Gasteiger partial charge in [-0.25, -0.2) is 4.98 Å². The third-order valence-corrected chi connectivity index (χ3v) is 3.35. The van der Waals surface area contributed by atoms with E-state index in [0.29, 0.717) is 5.82 Å². The molecular formula is C12H14N2OS. The van der Waals surface area contributed by atoms with Gasteiger partial charge in [0.05, 0.1) is 0 Å². The average molecular weight is 234 g/mol. The fourth-order valence-corrected chi connectivity index (χ4v) is 2.30. The summed E-state index contributed by atoms with van der Waals surface area (Å²) in [4.78, 5) is 5.25. The molecule has 1 aromatic heterocycles. The van der Waals surface area contributed by atoms with E-state index in [9.17, 15) is 5.11 Å². The first kappa shape index (κ1) is 11.2. The topological polar surface area (TPSA) is 38.1 Å². The molecule has 0 amide bonds. The number of hydrogen-bond donors (Lipinski definition) is 1. The third kappa shape index (κ3) is 1.99. The van der Waals surface area contributed by atoms with Gasteiger partial charge in [-0.3, -0.25) is 0 Å². The molecule has 1 unspecified atom stereocenters. The Hall–Kier alpha value is -1.26. The fraction of sp³-hybridized carbons (Fsp3) is 0.250. The number of aliphatic hydroxyl groups is 1. The lowest BCUT2D eigenvalue weighted by Gasteiger charge is -2.14. The Balaban J connectivity index is 2.41. The van der Waals surface area contributed by atoms with Gasteiger partial charge in [-0.2, -0.15) is 0 Å². The van der Waals surface area contributed by atoms with Crippen LogP contribution in [0.1, 0.15) is 17.5 Å². The first-order valence-electron chi connectivity index (χ1n) is 5.02. The van der Waals surface area contributed by atoms with Gasteiger partial charge in [-0.15, -0.1) is 11.8 Å². The van der Waals surface area contributed by atoms with E-state index >= 15 is 0 Å². The summed E-state index contributed by atoms with van der Waals surface area (Å²) < 4.78 is 1.84. The van der Waals surface area contributed by atoms with Crippen LogP contribution < -0.4 is 0 Å². The fourth-order valence-electron chi connectivity index (χ4n) is 1.67. The zero-order valence-electron chi connectivity index (χ0n) is 9.29. The van der Waals surface area contributed by atoms with Crippen LogP contribution in [0.2, 0.25) is 0 Å². The van der Waals surface area contributed by atoms with Crippen molar-refractivity contribution in [3.8, 4) is 0 Å². The van der Waals surface area contributed by atoms with Gasteiger partial charge in [0.1, 0.15) is 11.9 Å². The second kappa shape index (κ2) is 4.72. The Kier molecular flexibility index (Phi) is 3.31. The minimum atomic E-state index is -0.663. The number of thioether (sulfide) groups is 1. The van der Waals surface area contributed by atoms with Crippen molar-refractivity contribution in [2.45, 2.75) is 11.0 Å². The Labute approximate surface area is 99.1 Å². The average Bonchev–Trinajstić information content (AvgIpc) is 2.74. The lowest BCUT2D eigenvalue weighted by molar-refractivity contribution is 0.203. The molecule has 2 aromatic rings. The Morgan fingerprint density at radius 2 is 2.12 bits per heavy atom. The number of benzene rings is 1. The smallest absolute Gasteiger partial charge is 0.142 e. The van der Waals surface area contributed by atoms with E-state index < -0.39 is 6.10 Å². The monoisotopic (exact) mass is 234 g/mol. The molecule has 2 rings (SSSR count). The maximum atomic E-state index is 10.3. The Morgan fingerprint density at radius 1 is 1.38 bits per heavy atom. The molecule has 1 heterocycles. The van der Waals surface area contributed by atoms with Crippen molar-refractivity contribution in [2.75, 3.05) is 6.26 Å². The Morgan fingerprint density at radius 3 is 2.75 bits per heavy atom. The molecule has 0 aliphatic heterocycles. The predicted octanol–water partition coefficient (Wildman–Crippen LogP) is 2.22. The summed E-state index contributed by atoms with van der Waals surface area (Å²) in [5.41, 5.74) is 0.907. The van der Waals surface area contributed by atoms with Crippen LogP contribution >= 0.6 is 11.8 Å². The molecule has 0 radical (unpaired) electrons. The molecule has 0 aliphatic rings. The minimum Gasteiger partial charge on any atom is -0.380 e. The van der Waals surface area contributed by atoms with Crippen LogP contribution in [0.25, 0.3) is 0 Å². The number of aliphatic hydroxyl groups excluding tert-OH is 1. The number of imidazole rings is 1. The standard InChI is InChI=1S/C12H14N2OS/c1-14-8-7-13-12(14)11(15)9-5-3-4-6-10(9)16-2/h3-8,11,15H,1-2H3. The van der Waals surface area contributed by atoms with Crippen LogP contribution in [0, 0.1) is 0 Å². The predicted molar refractivity (Wildman–Crippen MR) is 65.5 cm³/mol. The normalized spacial score (nSPS) is 12.7. The molecule has 0 fully saturated rings. The summed E-state index contributed by atoms with van der Waals surface area (Å²) in [7, 11) is 1.88. The van der Waals surface area contributed by atoms with Gasteiger partial charge in [0, 0.05) is 29.9 Å². The highest BCUT2D eigenvalue weighted by Gasteiger charge is 2.17. The van der Waals surface area contributed by atoms with Gasteiger partial charge in [-0.05, 0) is 12.3 Å². The van der Waals surface area contributed by atoms with Crippen molar-refractivity contribution >= 4 is 11.8 Å². The lowest BCUT2D eigenvalue weighted by Crippen LogP contribution is -2.07. The maximum absolute atomic E-state index is 10.3. The third-order valence-electron chi connectivity index (χ3n) is 2.54. The van der Waals surface area contributed by atoms with Crippen LogP contribution in [-0.4, -0.2) is 20.9 Å². The highest BCUT2D eigenvalue weighted by Crippen LogP contribution is 2.28. The maximum Gasteiger partial charge on any atom is 0.142 e. The molecule has 1 atom stereocenters. The van der Waals surface area contributed by atoms with Gasteiger partial charge >= 0.3 is 0 Å². The zero-order valence-corrected chi connectivity index (χ0v) is 10.1. The number of aromatic nitrogens is 2. The summed E-state index contributed by atoms with van der Waals surface area (Å²) in [6.45, 7) is 0. The van der Waals surface area contributed by atoms with Crippen molar-refractivity contribution in [3.05, 3.63) is 48.0 Å². The highest BCUT2D eigenvalue weighted by atomic mass is 32.2. The van der Waals surface area contributed by atoms with E-state index in [2.05, 4.69) is 4.98 Å². The summed E-state index contributed by atoms with van der Waals surface area (Å²) in [5, 5.41) is 10.3. The van der Waals surface area contributed by atoms with Crippen molar-refractivity contribution in [1.82, 2.24) is 9.55 Å². The van der Waals surface area contributed by atoms with Crippen molar-refractivity contribution < 1.29 is 5.11 Å². The van der Waals surface area contributed by atoms with Crippen LogP contribution in [0.4, 0.5) is 0 Å². The lowest BCUT2D eigenvalue weighted by atomic mass is 10.1. The molecule has 84 valence electrons. The molecule has 0 aliphatic carbocycles. The van der Waals surface area contributed by atoms with Gasteiger partial charge in [0.15, 0.2) is 0 Å². The van der Waals surface area contributed by atoms with Gasteiger partial charge in [0.2, 0.25) is 0 Å². The van der Waals surface area contributed by atoms with E-state index in [1.807, 2.05) is 48.3 Å². The molecule has 16 heavy (non-hydrogen) atoms. The van der Waals surface area contributed by atoms with Crippen LogP contribution in [-0.2, 0) is 7.05 Å². The molecule has 1 N–H and O–H groups in total. The quantitative estimate of drug-likeness (QED) is 0.828. The first-order valence-corrected chi connectivity index (χ1v) is 6.24. The van der Waals surface area contributed by atoms with Gasteiger partial charge in [-0.1, -0.05) is 18.2 Å². The minimum absolute atomic E-state index is 0.663. The molecular weight excluding hydrogens is 220 g/mol. The molecule has 1 aromatic carbocycles. The van der Waals surface area contributed by atoms with E-state index in [1.54, 1.807) is 18.0 Å². The molecule has 0 spiro atoms. The summed E-state index contributed by atoms with van der Waals surface area (Å²) in [6.07, 6.45) is 4.87. The van der Waals surface area contributed by atoms with Crippen molar-refractivity contribution in [3.63, 3.8) is 0 Å². The zero-order chi connectivity index (χ0) is 11.5. The van der Waals surface area contributed by atoms with Crippen LogP contribution in [0.3, 0.4) is 0 Å². The highest BCUT2D eigenvalue weighted by molar-refractivity contribution is 7.98. The van der Waals surface area contributed by atoms with Gasteiger partial charge in [0.25, 0.3) is 0 Å². The molecule has 0 saturated heterocycles. The van der Waals surface area contributed by atoms with Crippen LogP contribution in [0.5, 0.6) is 0 Å².